The fourth-order valence-electron chi connectivity index (χ4n) is 2.77. The molecule has 0 saturated carbocycles. The highest BCUT2D eigenvalue weighted by molar-refractivity contribution is 5.85. The number of hydrogen-bond acceptors (Lipinski definition) is 2. The minimum atomic E-state index is 0. The first-order valence-electron chi connectivity index (χ1n) is 6.69. The summed E-state index contributed by atoms with van der Waals surface area (Å²) in [7, 11) is 2.05. The van der Waals surface area contributed by atoms with Gasteiger partial charge in [0, 0.05) is 25.7 Å². The number of fused-ring (bicyclic) bond motifs is 1. The summed E-state index contributed by atoms with van der Waals surface area (Å²) in [6.07, 6.45) is 1.04. The third-order valence-electron chi connectivity index (χ3n) is 3.87. The van der Waals surface area contributed by atoms with Crippen LogP contribution in [0.1, 0.15) is 12.0 Å². The van der Waals surface area contributed by atoms with Crippen LogP contribution in [0, 0.1) is 6.92 Å². The quantitative estimate of drug-likeness (QED) is 0.806. The van der Waals surface area contributed by atoms with Crippen molar-refractivity contribution in [1.29, 1.82) is 0 Å². The molecular weight excluding hydrogens is 272 g/mol. The van der Waals surface area contributed by atoms with E-state index in [0.717, 1.165) is 42.0 Å². The highest BCUT2D eigenvalue weighted by Gasteiger charge is 2.18. The van der Waals surface area contributed by atoms with Crippen LogP contribution in [0.5, 0.6) is 0 Å². The van der Waals surface area contributed by atoms with E-state index in [2.05, 4.69) is 30.1 Å². The highest BCUT2D eigenvalue weighted by Crippen LogP contribution is 2.27. The molecule has 0 N–H and O–H groups in total. The zero-order valence-electron chi connectivity index (χ0n) is 11.8. The maximum Gasteiger partial charge on any atom is 0.255 e. The van der Waals surface area contributed by atoms with Gasteiger partial charge in [-0.1, -0.05) is 30.3 Å². The lowest BCUT2D eigenvalue weighted by Gasteiger charge is -2.29. The molecule has 0 unspecified atom stereocenters. The Morgan fingerprint density at radius 1 is 1.10 bits per heavy atom. The number of pyridine rings is 1. The topological polar surface area (TPSA) is 25.2 Å². The summed E-state index contributed by atoms with van der Waals surface area (Å²) in [6.45, 7) is 3.76. The molecule has 106 valence electrons. The summed E-state index contributed by atoms with van der Waals surface area (Å²) in [5.74, 6) is 1.03. The van der Waals surface area contributed by atoms with E-state index in [-0.39, 0.29) is 18.0 Å². The van der Waals surface area contributed by atoms with E-state index in [4.69, 9.17) is 0 Å². The van der Waals surface area contributed by atoms with Crippen LogP contribution >= 0.6 is 12.4 Å². The van der Waals surface area contributed by atoms with Crippen LogP contribution < -0.4 is 10.5 Å². The van der Waals surface area contributed by atoms with Crippen LogP contribution in [0.3, 0.4) is 0 Å². The third-order valence-corrected chi connectivity index (χ3v) is 3.87. The molecule has 0 radical (unpaired) electrons. The van der Waals surface area contributed by atoms with Crippen molar-refractivity contribution in [3.8, 4) is 11.1 Å². The molecule has 2 heterocycles. The van der Waals surface area contributed by atoms with Crippen LogP contribution in [0.4, 0.5) is 5.82 Å². The van der Waals surface area contributed by atoms with Gasteiger partial charge in [-0.3, -0.25) is 9.36 Å². The molecule has 2 aromatic rings. The zero-order chi connectivity index (χ0) is 13.4. The average Bonchev–Trinajstić information content (AvgIpc) is 2.44. The van der Waals surface area contributed by atoms with Crippen molar-refractivity contribution in [3.63, 3.8) is 0 Å². The van der Waals surface area contributed by atoms with Crippen molar-refractivity contribution < 1.29 is 0 Å². The Balaban J connectivity index is 0.00000147. The van der Waals surface area contributed by atoms with Crippen molar-refractivity contribution >= 4 is 18.2 Å². The predicted molar refractivity (Wildman–Crippen MR) is 86.0 cm³/mol. The Kier molecular flexibility index (Phi) is 4.19. The molecule has 3 nitrogen and oxygen atoms in total. The fraction of sp³-hybridized carbons (Fsp3) is 0.312. The van der Waals surface area contributed by atoms with Gasteiger partial charge in [0.05, 0.1) is 0 Å². The molecule has 0 saturated heterocycles. The van der Waals surface area contributed by atoms with Gasteiger partial charge in [-0.2, -0.15) is 0 Å². The summed E-state index contributed by atoms with van der Waals surface area (Å²) in [4.78, 5) is 14.7. The zero-order valence-corrected chi connectivity index (χ0v) is 12.6. The number of rotatable bonds is 1. The van der Waals surface area contributed by atoms with E-state index in [1.165, 1.54) is 0 Å². The second-order valence-corrected chi connectivity index (χ2v) is 5.14. The lowest BCUT2D eigenvalue weighted by atomic mass is 10.0. The predicted octanol–water partition coefficient (Wildman–Crippen LogP) is 3.09. The van der Waals surface area contributed by atoms with Crippen molar-refractivity contribution in [2.75, 3.05) is 18.5 Å². The lowest BCUT2D eigenvalue weighted by Crippen LogP contribution is -2.36. The van der Waals surface area contributed by atoms with E-state index in [1.807, 2.05) is 29.7 Å². The van der Waals surface area contributed by atoms with Gasteiger partial charge in [-0.25, -0.2) is 0 Å². The fourth-order valence-corrected chi connectivity index (χ4v) is 2.77. The number of benzene rings is 1. The van der Waals surface area contributed by atoms with E-state index >= 15 is 0 Å². The first-order chi connectivity index (χ1) is 9.18. The maximum absolute atomic E-state index is 12.5. The molecule has 1 aliphatic rings. The monoisotopic (exact) mass is 290 g/mol. The van der Waals surface area contributed by atoms with Gasteiger partial charge in [0.15, 0.2) is 0 Å². The molecule has 0 bridgehead atoms. The van der Waals surface area contributed by atoms with Crippen molar-refractivity contribution in [2.45, 2.75) is 19.9 Å². The summed E-state index contributed by atoms with van der Waals surface area (Å²) in [6, 6.07) is 12.3. The van der Waals surface area contributed by atoms with E-state index < -0.39 is 0 Å². The summed E-state index contributed by atoms with van der Waals surface area (Å²) in [5.41, 5.74) is 3.14. The van der Waals surface area contributed by atoms with Crippen LogP contribution in [-0.4, -0.2) is 18.2 Å². The Labute approximate surface area is 125 Å². The minimum absolute atomic E-state index is 0. The van der Waals surface area contributed by atoms with Crippen LogP contribution in [-0.2, 0) is 6.54 Å². The SMILES string of the molecule is Cc1c(-c2ccccc2)cc2n(c1=O)CCCN2C.Cl. The Morgan fingerprint density at radius 3 is 2.50 bits per heavy atom. The number of nitrogens with zero attached hydrogens (tertiary/aromatic N) is 2. The second-order valence-electron chi connectivity index (χ2n) is 5.14. The first kappa shape index (κ1) is 14.7. The van der Waals surface area contributed by atoms with Gasteiger partial charge in [-0.05, 0) is 30.5 Å². The first-order valence-corrected chi connectivity index (χ1v) is 6.69. The van der Waals surface area contributed by atoms with Gasteiger partial charge in [0.25, 0.3) is 5.56 Å². The summed E-state index contributed by atoms with van der Waals surface area (Å²) < 4.78 is 1.89. The Bertz CT molecular complexity index is 664. The second kappa shape index (κ2) is 5.71. The molecule has 20 heavy (non-hydrogen) atoms. The Morgan fingerprint density at radius 2 is 1.80 bits per heavy atom. The molecule has 0 fully saturated rings. The standard InChI is InChI=1S/C16H18N2O.ClH/c1-12-14(13-7-4-3-5-8-13)11-15-17(2)9-6-10-18(15)16(12)19;/h3-5,7-8,11H,6,9-10H2,1-2H3;1H. The molecule has 3 rings (SSSR count). The summed E-state index contributed by atoms with van der Waals surface area (Å²) >= 11 is 0. The minimum Gasteiger partial charge on any atom is -0.361 e. The molecule has 1 aromatic heterocycles. The lowest BCUT2D eigenvalue weighted by molar-refractivity contribution is 0.564. The molecule has 0 spiro atoms. The molecule has 1 aromatic carbocycles. The van der Waals surface area contributed by atoms with Crippen LogP contribution in [0.25, 0.3) is 11.1 Å². The molecule has 4 heteroatoms. The van der Waals surface area contributed by atoms with Crippen LogP contribution in [0.15, 0.2) is 41.2 Å². The van der Waals surface area contributed by atoms with Gasteiger partial charge < -0.3 is 4.90 Å². The van der Waals surface area contributed by atoms with Gasteiger partial charge in [-0.15, -0.1) is 12.4 Å². The van der Waals surface area contributed by atoms with Crippen molar-refractivity contribution in [2.24, 2.45) is 0 Å². The van der Waals surface area contributed by atoms with Crippen molar-refractivity contribution in [1.82, 2.24) is 4.57 Å². The number of anilines is 1. The number of halogens is 1. The molecule has 0 atom stereocenters. The molecule has 0 aliphatic carbocycles. The summed E-state index contributed by atoms with van der Waals surface area (Å²) in [5, 5.41) is 0. The molecule has 1 aliphatic heterocycles. The number of aromatic nitrogens is 1. The average molecular weight is 291 g/mol. The number of hydrogen-bond donors (Lipinski definition) is 0. The third kappa shape index (κ3) is 2.34. The van der Waals surface area contributed by atoms with Crippen LogP contribution in [0.2, 0.25) is 0 Å². The normalized spacial score (nSPS) is 13.6. The molecular formula is C16H19ClN2O. The molecule has 0 amide bonds. The van der Waals surface area contributed by atoms with E-state index in [9.17, 15) is 4.79 Å². The van der Waals surface area contributed by atoms with E-state index in [1.54, 1.807) is 0 Å². The smallest absolute Gasteiger partial charge is 0.255 e. The van der Waals surface area contributed by atoms with Gasteiger partial charge in [0.2, 0.25) is 0 Å². The van der Waals surface area contributed by atoms with Crippen molar-refractivity contribution in [3.05, 3.63) is 52.3 Å². The van der Waals surface area contributed by atoms with Gasteiger partial charge in [0.1, 0.15) is 5.82 Å². The maximum atomic E-state index is 12.5. The van der Waals surface area contributed by atoms with Gasteiger partial charge >= 0.3 is 0 Å². The van der Waals surface area contributed by atoms with E-state index in [0.29, 0.717) is 0 Å². The Hall–Kier alpha value is -1.74. The highest BCUT2D eigenvalue weighted by atomic mass is 35.5. The largest absolute Gasteiger partial charge is 0.361 e.